The van der Waals surface area contributed by atoms with Gasteiger partial charge in [0.1, 0.15) is 5.02 Å². The van der Waals surface area contributed by atoms with Gasteiger partial charge in [0.15, 0.2) is 10.3 Å². The standard InChI is InChI=1S/C12H18Cl3N3/c1-3-5-7-18(8-6-4-2)12-16-10(14)9(13)11(15)17-12/h3-8H2,1-2H3. The van der Waals surface area contributed by atoms with Gasteiger partial charge in [0.2, 0.25) is 5.95 Å². The summed E-state index contributed by atoms with van der Waals surface area (Å²) < 4.78 is 0. The molecule has 1 aromatic heterocycles. The number of unbranched alkanes of at least 4 members (excludes halogenated alkanes) is 2. The third-order valence-electron chi connectivity index (χ3n) is 2.60. The summed E-state index contributed by atoms with van der Waals surface area (Å²) in [5.74, 6) is 0.566. The van der Waals surface area contributed by atoms with Crippen LogP contribution in [-0.4, -0.2) is 23.1 Å². The maximum absolute atomic E-state index is 5.94. The highest BCUT2D eigenvalue weighted by Gasteiger charge is 2.14. The van der Waals surface area contributed by atoms with E-state index in [1.165, 1.54) is 0 Å². The van der Waals surface area contributed by atoms with Gasteiger partial charge in [0.05, 0.1) is 0 Å². The summed E-state index contributed by atoms with van der Waals surface area (Å²) in [5, 5.41) is 0.641. The van der Waals surface area contributed by atoms with Gasteiger partial charge in [0, 0.05) is 13.1 Å². The van der Waals surface area contributed by atoms with Gasteiger partial charge in [-0.3, -0.25) is 0 Å². The molecular formula is C12H18Cl3N3. The first-order chi connectivity index (χ1) is 8.60. The van der Waals surface area contributed by atoms with Crippen molar-refractivity contribution in [3.63, 3.8) is 0 Å². The summed E-state index contributed by atoms with van der Waals surface area (Å²) >= 11 is 17.7. The Morgan fingerprint density at radius 1 is 0.889 bits per heavy atom. The first kappa shape index (κ1) is 15.8. The number of aromatic nitrogens is 2. The van der Waals surface area contributed by atoms with Gasteiger partial charge in [-0.1, -0.05) is 61.5 Å². The zero-order chi connectivity index (χ0) is 13.5. The van der Waals surface area contributed by atoms with Crippen LogP contribution < -0.4 is 4.90 Å². The molecule has 0 aliphatic heterocycles. The topological polar surface area (TPSA) is 29.0 Å². The molecule has 0 aromatic carbocycles. The molecule has 0 aliphatic rings. The van der Waals surface area contributed by atoms with E-state index in [0.29, 0.717) is 5.95 Å². The van der Waals surface area contributed by atoms with Gasteiger partial charge >= 0.3 is 0 Å². The Labute approximate surface area is 123 Å². The Bertz CT molecular complexity index is 354. The molecule has 0 saturated carbocycles. The highest BCUT2D eigenvalue weighted by Crippen LogP contribution is 2.28. The van der Waals surface area contributed by atoms with Gasteiger partial charge in [-0.25, -0.2) is 0 Å². The molecule has 0 aliphatic carbocycles. The summed E-state index contributed by atoms with van der Waals surface area (Å²) in [7, 11) is 0. The molecule has 0 radical (unpaired) electrons. The lowest BCUT2D eigenvalue weighted by molar-refractivity contribution is 0.663. The van der Waals surface area contributed by atoms with E-state index in [1.807, 2.05) is 0 Å². The Morgan fingerprint density at radius 3 is 1.72 bits per heavy atom. The van der Waals surface area contributed by atoms with E-state index in [-0.39, 0.29) is 15.3 Å². The van der Waals surface area contributed by atoms with Crippen molar-refractivity contribution in [2.24, 2.45) is 0 Å². The van der Waals surface area contributed by atoms with Gasteiger partial charge in [-0.05, 0) is 12.8 Å². The molecule has 0 saturated heterocycles. The van der Waals surface area contributed by atoms with E-state index in [2.05, 4.69) is 28.7 Å². The van der Waals surface area contributed by atoms with Crippen LogP contribution in [0.2, 0.25) is 15.3 Å². The molecule has 0 spiro atoms. The Balaban J connectivity index is 2.89. The number of hydrogen-bond donors (Lipinski definition) is 0. The normalized spacial score (nSPS) is 10.7. The summed E-state index contributed by atoms with van der Waals surface area (Å²) in [6, 6.07) is 0. The minimum atomic E-state index is 0.213. The van der Waals surface area contributed by atoms with Crippen LogP contribution in [0.4, 0.5) is 5.95 Å². The summed E-state index contributed by atoms with van der Waals surface area (Å²) in [5.41, 5.74) is 0. The molecule has 0 fully saturated rings. The molecule has 0 bridgehead atoms. The van der Waals surface area contributed by atoms with Crippen molar-refractivity contribution >= 4 is 40.8 Å². The molecule has 3 nitrogen and oxygen atoms in total. The van der Waals surface area contributed by atoms with Crippen LogP contribution >= 0.6 is 34.8 Å². The molecule has 0 amide bonds. The van der Waals surface area contributed by atoms with Gasteiger partial charge in [-0.2, -0.15) is 9.97 Å². The smallest absolute Gasteiger partial charge is 0.228 e. The predicted octanol–water partition coefficient (Wildman–Crippen LogP) is 4.84. The minimum absolute atomic E-state index is 0.213. The number of nitrogens with zero attached hydrogens (tertiary/aromatic N) is 3. The maximum atomic E-state index is 5.94. The number of anilines is 1. The first-order valence-corrected chi connectivity index (χ1v) is 7.37. The van der Waals surface area contributed by atoms with Crippen LogP contribution in [0, 0.1) is 0 Å². The van der Waals surface area contributed by atoms with Crippen molar-refractivity contribution in [1.82, 2.24) is 9.97 Å². The lowest BCUT2D eigenvalue weighted by Gasteiger charge is -2.22. The third kappa shape index (κ3) is 4.45. The third-order valence-corrected chi connectivity index (χ3v) is 3.70. The van der Waals surface area contributed by atoms with E-state index in [4.69, 9.17) is 34.8 Å². The number of rotatable bonds is 7. The summed E-state index contributed by atoms with van der Waals surface area (Å²) in [4.78, 5) is 10.5. The van der Waals surface area contributed by atoms with E-state index < -0.39 is 0 Å². The van der Waals surface area contributed by atoms with Crippen molar-refractivity contribution < 1.29 is 0 Å². The molecule has 0 N–H and O–H groups in total. The SMILES string of the molecule is CCCCN(CCCC)c1nc(Cl)c(Cl)c(Cl)n1. The lowest BCUT2D eigenvalue weighted by atomic mass is 10.3. The average molecular weight is 311 g/mol. The number of halogens is 3. The fourth-order valence-electron chi connectivity index (χ4n) is 1.54. The zero-order valence-corrected chi connectivity index (χ0v) is 13.0. The fraction of sp³-hybridized carbons (Fsp3) is 0.667. The molecule has 0 unspecified atom stereocenters. The molecule has 18 heavy (non-hydrogen) atoms. The zero-order valence-electron chi connectivity index (χ0n) is 10.7. The lowest BCUT2D eigenvalue weighted by Crippen LogP contribution is -2.27. The van der Waals surface area contributed by atoms with Gasteiger partial charge in [0.25, 0.3) is 0 Å². The van der Waals surface area contributed by atoms with Crippen LogP contribution in [0.5, 0.6) is 0 Å². The van der Waals surface area contributed by atoms with Gasteiger partial charge < -0.3 is 4.90 Å². The Kier molecular flexibility index (Phi) is 7.05. The highest BCUT2D eigenvalue weighted by atomic mass is 35.5. The highest BCUT2D eigenvalue weighted by molar-refractivity contribution is 6.46. The molecule has 102 valence electrons. The number of hydrogen-bond acceptors (Lipinski definition) is 3. The van der Waals surface area contributed by atoms with E-state index in [1.54, 1.807) is 0 Å². The largest absolute Gasteiger partial charge is 0.341 e. The monoisotopic (exact) mass is 309 g/mol. The van der Waals surface area contributed by atoms with Crippen LogP contribution in [-0.2, 0) is 0 Å². The van der Waals surface area contributed by atoms with E-state index in [9.17, 15) is 0 Å². The molecule has 1 rings (SSSR count). The van der Waals surface area contributed by atoms with Crippen LogP contribution in [0.1, 0.15) is 39.5 Å². The minimum Gasteiger partial charge on any atom is -0.341 e. The van der Waals surface area contributed by atoms with Crippen molar-refractivity contribution in [2.75, 3.05) is 18.0 Å². The quantitative estimate of drug-likeness (QED) is 0.675. The average Bonchev–Trinajstić information content (AvgIpc) is 2.35. The van der Waals surface area contributed by atoms with Gasteiger partial charge in [-0.15, -0.1) is 0 Å². The van der Waals surface area contributed by atoms with E-state index >= 15 is 0 Å². The van der Waals surface area contributed by atoms with E-state index in [0.717, 1.165) is 38.8 Å². The summed E-state index contributed by atoms with van der Waals surface area (Å²) in [6.45, 7) is 6.12. The van der Waals surface area contributed by atoms with Crippen molar-refractivity contribution in [2.45, 2.75) is 39.5 Å². The van der Waals surface area contributed by atoms with Crippen LogP contribution in [0.25, 0.3) is 0 Å². The predicted molar refractivity (Wildman–Crippen MR) is 79.1 cm³/mol. The maximum Gasteiger partial charge on any atom is 0.228 e. The molecule has 1 aromatic rings. The van der Waals surface area contributed by atoms with Crippen LogP contribution in [0.15, 0.2) is 0 Å². The second-order valence-electron chi connectivity index (χ2n) is 4.11. The summed E-state index contributed by atoms with van der Waals surface area (Å²) in [6.07, 6.45) is 4.42. The first-order valence-electron chi connectivity index (χ1n) is 6.23. The second-order valence-corrected chi connectivity index (χ2v) is 5.21. The molecule has 6 heteroatoms. The van der Waals surface area contributed by atoms with Crippen molar-refractivity contribution in [1.29, 1.82) is 0 Å². The molecule has 0 atom stereocenters. The van der Waals surface area contributed by atoms with Crippen molar-refractivity contribution in [3.05, 3.63) is 15.3 Å². The Morgan fingerprint density at radius 2 is 1.33 bits per heavy atom. The van der Waals surface area contributed by atoms with Crippen LogP contribution in [0.3, 0.4) is 0 Å². The second kappa shape index (κ2) is 8.03. The molecule has 1 heterocycles. The van der Waals surface area contributed by atoms with Crippen molar-refractivity contribution in [3.8, 4) is 0 Å². The molecular weight excluding hydrogens is 293 g/mol. The Hall–Kier alpha value is -0.250. The fourth-order valence-corrected chi connectivity index (χ4v) is 2.00.